The quantitative estimate of drug-likeness (QED) is 0.670. The molecule has 1 unspecified atom stereocenters. The molecule has 3 heteroatoms. The fourth-order valence-electron chi connectivity index (χ4n) is 1.28. The van der Waals surface area contributed by atoms with Crippen LogP contribution in [0.15, 0.2) is 30.3 Å². The Morgan fingerprint density at radius 1 is 1.31 bits per heavy atom. The zero-order valence-electron chi connectivity index (χ0n) is 7.10. The largest absolute Gasteiger partial charge is 0.456 e. The fourth-order valence-corrected chi connectivity index (χ4v) is 1.46. The van der Waals surface area contributed by atoms with E-state index in [2.05, 4.69) is 0 Å². The van der Waals surface area contributed by atoms with Crippen molar-refractivity contribution in [2.24, 2.45) is 0 Å². The molecule has 0 aliphatic carbocycles. The van der Waals surface area contributed by atoms with Crippen molar-refractivity contribution in [3.05, 3.63) is 35.9 Å². The zero-order valence-corrected chi connectivity index (χ0v) is 7.92. The normalized spacial score (nSPS) is 21.5. The third-order valence-electron chi connectivity index (χ3n) is 1.90. The van der Waals surface area contributed by atoms with E-state index in [1.54, 1.807) is 0 Å². The van der Waals surface area contributed by atoms with Gasteiger partial charge in [0.15, 0.2) is 5.05 Å². The van der Waals surface area contributed by atoms with Gasteiger partial charge in [0.25, 0.3) is 0 Å². The van der Waals surface area contributed by atoms with Crippen molar-refractivity contribution in [3.63, 3.8) is 0 Å². The molecule has 0 aromatic heterocycles. The number of ether oxygens (including phenoxy) is 2. The smallest absolute Gasteiger partial charge is 0.205 e. The van der Waals surface area contributed by atoms with E-state index in [-0.39, 0.29) is 6.29 Å². The maximum absolute atomic E-state index is 5.31. The highest BCUT2D eigenvalue weighted by atomic mass is 32.1. The fraction of sp³-hybridized carbons (Fsp3) is 0.300. The lowest BCUT2D eigenvalue weighted by atomic mass is 10.1. The van der Waals surface area contributed by atoms with Crippen molar-refractivity contribution in [3.8, 4) is 0 Å². The van der Waals surface area contributed by atoms with E-state index in [4.69, 9.17) is 21.7 Å². The molecular weight excluding hydrogens is 184 g/mol. The Bertz CT molecular complexity index is 297. The molecule has 1 fully saturated rings. The predicted octanol–water partition coefficient (Wildman–Crippen LogP) is 1.93. The van der Waals surface area contributed by atoms with Gasteiger partial charge in [0.2, 0.25) is 6.29 Å². The Morgan fingerprint density at radius 3 is 2.69 bits per heavy atom. The van der Waals surface area contributed by atoms with E-state index in [9.17, 15) is 0 Å². The number of rotatable bonds is 2. The molecule has 0 radical (unpaired) electrons. The van der Waals surface area contributed by atoms with Crippen LogP contribution in [-0.4, -0.2) is 17.9 Å². The van der Waals surface area contributed by atoms with Gasteiger partial charge in [-0.15, -0.1) is 0 Å². The van der Waals surface area contributed by atoms with E-state index in [1.807, 2.05) is 30.3 Å². The topological polar surface area (TPSA) is 18.5 Å². The minimum Gasteiger partial charge on any atom is -0.456 e. The minimum absolute atomic E-state index is 0.185. The molecule has 68 valence electrons. The summed E-state index contributed by atoms with van der Waals surface area (Å²) in [7, 11) is 0. The summed E-state index contributed by atoms with van der Waals surface area (Å²) in [6.07, 6.45) is 0.580. The molecule has 1 heterocycles. The van der Waals surface area contributed by atoms with Gasteiger partial charge >= 0.3 is 0 Å². The van der Waals surface area contributed by atoms with Crippen molar-refractivity contribution in [1.29, 1.82) is 0 Å². The second-order valence-corrected chi connectivity index (χ2v) is 3.38. The van der Waals surface area contributed by atoms with E-state index >= 15 is 0 Å². The first-order valence-corrected chi connectivity index (χ1v) is 4.60. The molecule has 0 N–H and O–H groups in total. The molecule has 0 spiro atoms. The lowest BCUT2D eigenvalue weighted by molar-refractivity contribution is -0.0202. The van der Waals surface area contributed by atoms with Crippen LogP contribution in [0.5, 0.6) is 0 Å². The Kier molecular flexibility index (Phi) is 2.57. The third kappa shape index (κ3) is 2.26. The first-order valence-electron chi connectivity index (χ1n) is 4.19. The van der Waals surface area contributed by atoms with Gasteiger partial charge in [0.05, 0.1) is 0 Å². The first-order chi connectivity index (χ1) is 6.34. The summed E-state index contributed by atoms with van der Waals surface area (Å²) in [4.78, 5) is 0. The molecule has 13 heavy (non-hydrogen) atoms. The molecule has 1 aliphatic rings. The summed E-state index contributed by atoms with van der Waals surface area (Å²) < 4.78 is 10.6. The van der Waals surface area contributed by atoms with E-state index in [0.717, 1.165) is 6.42 Å². The van der Waals surface area contributed by atoms with Gasteiger partial charge in [-0.05, 0) is 17.8 Å². The van der Waals surface area contributed by atoms with Crippen LogP contribution in [0.2, 0.25) is 0 Å². The van der Waals surface area contributed by atoms with Gasteiger partial charge in [0.1, 0.15) is 6.61 Å². The summed E-state index contributed by atoms with van der Waals surface area (Å²) in [5.41, 5.74) is 1.21. The maximum atomic E-state index is 5.31. The summed E-state index contributed by atoms with van der Waals surface area (Å²) in [6.45, 7) is 0.451. The number of hydrogen-bond acceptors (Lipinski definition) is 3. The Morgan fingerprint density at radius 2 is 2.08 bits per heavy atom. The molecule has 2 rings (SSSR count). The molecule has 0 amide bonds. The van der Waals surface area contributed by atoms with E-state index < -0.39 is 0 Å². The molecule has 1 saturated heterocycles. The van der Waals surface area contributed by atoms with Crippen LogP contribution in [-0.2, 0) is 15.9 Å². The van der Waals surface area contributed by atoms with Crippen molar-refractivity contribution >= 4 is 17.3 Å². The Balaban J connectivity index is 1.96. The lowest BCUT2D eigenvalue weighted by Gasteiger charge is -2.08. The molecule has 1 atom stereocenters. The van der Waals surface area contributed by atoms with Gasteiger partial charge in [-0.25, -0.2) is 0 Å². The summed E-state index contributed by atoms with van der Waals surface area (Å²) in [5, 5.41) is 0.556. The average Bonchev–Trinajstić information content (AvgIpc) is 2.53. The van der Waals surface area contributed by atoms with Crippen LogP contribution in [0.1, 0.15) is 5.56 Å². The van der Waals surface area contributed by atoms with Gasteiger partial charge in [-0.2, -0.15) is 0 Å². The van der Waals surface area contributed by atoms with Gasteiger partial charge in [0, 0.05) is 6.42 Å². The highest BCUT2D eigenvalue weighted by Crippen LogP contribution is 2.12. The van der Waals surface area contributed by atoms with Crippen molar-refractivity contribution < 1.29 is 9.47 Å². The maximum Gasteiger partial charge on any atom is 0.205 e. The lowest BCUT2D eigenvalue weighted by Crippen LogP contribution is -2.11. The van der Waals surface area contributed by atoms with Gasteiger partial charge in [-0.3, -0.25) is 0 Å². The van der Waals surface area contributed by atoms with Crippen LogP contribution in [0.3, 0.4) is 0 Å². The van der Waals surface area contributed by atoms with Crippen LogP contribution in [0.4, 0.5) is 0 Å². The van der Waals surface area contributed by atoms with E-state index in [0.29, 0.717) is 11.7 Å². The van der Waals surface area contributed by atoms with Crippen molar-refractivity contribution in [1.82, 2.24) is 0 Å². The number of benzene rings is 1. The summed E-state index contributed by atoms with van der Waals surface area (Å²) in [6, 6.07) is 10.1. The molecule has 2 nitrogen and oxygen atoms in total. The Hall–Kier alpha value is -0.930. The minimum atomic E-state index is -0.185. The van der Waals surface area contributed by atoms with Gasteiger partial charge in [-0.1, -0.05) is 30.3 Å². The Labute approximate surface area is 82.5 Å². The first kappa shape index (κ1) is 8.66. The molecule has 1 aromatic rings. The van der Waals surface area contributed by atoms with Gasteiger partial charge < -0.3 is 9.47 Å². The van der Waals surface area contributed by atoms with Crippen molar-refractivity contribution in [2.45, 2.75) is 12.7 Å². The zero-order chi connectivity index (χ0) is 9.10. The number of hydrogen-bond donors (Lipinski definition) is 0. The number of thiocarbonyl (C=S) groups is 1. The van der Waals surface area contributed by atoms with Crippen molar-refractivity contribution in [2.75, 3.05) is 6.61 Å². The summed E-state index contributed by atoms with van der Waals surface area (Å²) >= 11 is 4.87. The second-order valence-electron chi connectivity index (χ2n) is 2.92. The van der Waals surface area contributed by atoms with E-state index in [1.165, 1.54) is 5.56 Å². The second kappa shape index (κ2) is 3.85. The molecular formula is C10H10O2S. The highest BCUT2D eigenvalue weighted by Gasteiger charge is 2.20. The monoisotopic (exact) mass is 194 g/mol. The van der Waals surface area contributed by atoms with Crippen LogP contribution >= 0.6 is 12.2 Å². The van der Waals surface area contributed by atoms with Crippen LogP contribution in [0.25, 0.3) is 0 Å². The molecule has 0 saturated carbocycles. The van der Waals surface area contributed by atoms with Crippen LogP contribution in [0, 0.1) is 0 Å². The third-order valence-corrected chi connectivity index (χ3v) is 2.11. The standard InChI is InChI=1S/C10H10O2S/c13-10-7-11-9(12-10)6-8-4-2-1-3-5-8/h1-5,9H,6-7H2. The molecule has 1 aromatic carbocycles. The highest BCUT2D eigenvalue weighted by molar-refractivity contribution is 7.80. The molecule has 1 aliphatic heterocycles. The predicted molar refractivity (Wildman–Crippen MR) is 53.6 cm³/mol. The molecule has 0 bridgehead atoms. The average molecular weight is 194 g/mol. The SMILES string of the molecule is S=C1COC(Cc2ccccc2)O1. The summed E-state index contributed by atoms with van der Waals surface area (Å²) in [5.74, 6) is 0. The van der Waals surface area contributed by atoms with Crippen LogP contribution < -0.4 is 0 Å².